The topological polar surface area (TPSA) is 403 Å². The number of nitrogens with one attached hydrogen (secondary N) is 6. The first-order chi connectivity index (χ1) is 45.6. The minimum atomic E-state index is -1.19. The van der Waals surface area contributed by atoms with E-state index in [1.54, 1.807) is 109 Å². The van der Waals surface area contributed by atoms with Crippen molar-refractivity contribution in [1.82, 2.24) is 41.3 Å². The van der Waals surface area contributed by atoms with Crippen LogP contribution in [0.1, 0.15) is 112 Å². The van der Waals surface area contributed by atoms with E-state index in [0.29, 0.717) is 37.1 Å². The highest BCUT2D eigenvalue weighted by atomic mass is 16.6. The van der Waals surface area contributed by atoms with E-state index in [1.807, 2.05) is 19.9 Å². The van der Waals surface area contributed by atoms with Crippen molar-refractivity contribution in [2.45, 2.75) is 168 Å². The Bertz CT molecular complexity index is 2850. The molecule has 0 unspecified atom stereocenters. The van der Waals surface area contributed by atoms with Gasteiger partial charge in [-0.25, -0.2) is 14.4 Å². The molecule has 0 aliphatic carbocycles. The number of hydrogen-bond acceptors (Lipinski definition) is 17. The summed E-state index contributed by atoms with van der Waals surface area (Å²) in [6, 6.07) is 7.78. The molecule has 0 aromatic heterocycles. The molecule has 2 aromatic rings. The number of ether oxygens (including phenoxy) is 6. The molecule has 11 atom stereocenters. The normalized spacial score (nSPS) is 16.0. The summed E-state index contributed by atoms with van der Waals surface area (Å²) in [5.74, 6) is -7.24. The second-order valence-corrected chi connectivity index (χ2v) is 25.0. The number of nitrogens with two attached hydrogens (primary N) is 1. The van der Waals surface area contributed by atoms with Crippen molar-refractivity contribution in [3.8, 4) is 0 Å². The number of rotatable bonds is 44. The molecule has 0 radical (unpaired) electrons. The van der Waals surface area contributed by atoms with Crippen LogP contribution in [0.2, 0.25) is 0 Å². The van der Waals surface area contributed by atoms with Crippen LogP contribution in [0.25, 0.3) is 10.4 Å². The van der Waals surface area contributed by atoms with Crippen LogP contribution in [-0.2, 0) is 79.8 Å². The summed E-state index contributed by atoms with van der Waals surface area (Å²) in [5.41, 5.74) is 15.1. The average Bonchev–Trinajstić information content (AvgIpc) is 1.22. The maximum absolute atomic E-state index is 14.8. The lowest BCUT2D eigenvalue weighted by Crippen LogP contribution is -2.60. The molecule has 1 aliphatic rings. The van der Waals surface area contributed by atoms with E-state index in [2.05, 4.69) is 41.9 Å². The summed E-state index contributed by atoms with van der Waals surface area (Å²) in [7, 11) is 5.96. The Hall–Kier alpha value is -8.15. The Morgan fingerprint density at radius 2 is 1.35 bits per heavy atom. The molecule has 3 rings (SSSR count). The van der Waals surface area contributed by atoms with Gasteiger partial charge in [0.1, 0.15) is 43.4 Å². The quantitative estimate of drug-likeness (QED) is 0.0196. The third kappa shape index (κ3) is 27.2. The first-order valence-corrected chi connectivity index (χ1v) is 32.8. The molecule has 1 saturated heterocycles. The number of azide groups is 1. The van der Waals surface area contributed by atoms with Crippen molar-refractivity contribution in [3.63, 3.8) is 0 Å². The first-order valence-electron chi connectivity index (χ1n) is 32.8. The predicted molar refractivity (Wildman–Crippen MR) is 356 cm³/mol. The molecule has 1 fully saturated rings. The number of anilines is 1. The number of methoxy groups -OCH3 is 2. The van der Waals surface area contributed by atoms with Crippen LogP contribution in [0.15, 0.2) is 59.7 Å². The Morgan fingerprint density at radius 1 is 0.729 bits per heavy atom. The second kappa shape index (κ2) is 43.1. The summed E-state index contributed by atoms with van der Waals surface area (Å²) < 4.78 is 33.7. The number of hydrogen-bond donors (Lipinski definition) is 8. The zero-order valence-electron chi connectivity index (χ0n) is 58.0. The molecular weight excluding hydrogens is 1250 g/mol. The van der Waals surface area contributed by atoms with Gasteiger partial charge in [0.25, 0.3) is 0 Å². The summed E-state index contributed by atoms with van der Waals surface area (Å²) >= 11 is 0. The summed E-state index contributed by atoms with van der Waals surface area (Å²) in [4.78, 5) is 142. The first kappa shape index (κ1) is 82.1. The third-order valence-electron chi connectivity index (χ3n) is 16.8. The molecule has 10 amide bonds. The number of carboxylic acid groups (broad SMARTS) is 1. The Labute approximate surface area is 563 Å². The lowest BCUT2D eigenvalue weighted by Gasteiger charge is -2.41. The van der Waals surface area contributed by atoms with E-state index in [0.717, 1.165) is 10.5 Å². The van der Waals surface area contributed by atoms with E-state index in [-0.39, 0.29) is 96.8 Å². The number of primary amides is 1. The van der Waals surface area contributed by atoms with Gasteiger partial charge in [-0.1, -0.05) is 116 Å². The lowest BCUT2D eigenvalue weighted by atomic mass is 9.89. The van der Waals surface area contributed by atoms with Crippen molar-refractivity contribution < 1.29 is 81.5 Å². The van der Waals surface area contributed by atoms with Crippen molar-refractivity contribution in [2.24, 2.45) is 40.4 Å². The van der Waals surface area contributed by atoms with Gasteiger partial charge in [-0.2, -0.15) is 0 Å². The van der Waals surface area contributed by atoms with Gasteiger partial charge >= 0.3 is 18.1 Å². The van der Waals surface area contributed by atoms with Crippen LogP contribution in [0.5, 0.6) is 0 Å². The maximum Gasteiger partial charge on any atom is 0.410 e. The fourth-order valence-corrected chi connectivity index (χ4v) is 11.4. The number of carboxylic acids is 1. The van der Waals surface area contributed by atoms with Gasteiger partial charge in [-0.15, -0.1) is 0 Å². The minimum absolute atomic E-state index is 0.0690. The number of benzene rings is 2. The highest BCUT2D eigenvalue weighted by molar-refractivity contribution is 5.98. The molecule has 0 spiro atoms. The van der Waals surface area contributed by atoms with Gasteiger partial charge in [0.2, 0.25) is 41.4 Å². The monoisotopic (exact) mass is 1350 g/mol. The van der Waals surface area contributed by atoms with Crippen LogP contribution >= 0.6 is 0 Å². The van der Waals surface area contributed by atoms with Crippen molar-refractivity contribution in [3.05, 3.63) is 76.2 Å². The van der Waals surface area contributed by atoms with Crippen molar-refractivity contribution in [1.29, 1.82) is 0 Å². The summed E-state index contributed by atoms with van der Waals surface area (Å²) in [5, 5.41) is 29.6. The maximum atomic E-state index is 14.8. The van der Waals surface area contributed by atoms with Crippen LogP contribution in [0.3, 0.4) is 0 Å². The zero-order valence-corrected chi connectivity index (χ0v) is 58.0. The number of likely N-dealkylation sites (N-methyl/N-ethyl adjacent to an activating group) is 2. The Morgan fingerprint density at radius 3 is 1.93 bits per heavy atom. The lowest BCUT2D eigenvalue weighted by molar-refractivity contribution is -0.148. The molecule has 96 heavy (non-hydrogen) atoms. The number of likely N-dealkylation sites (tertiary alicyclic amines) is 1. The molecule has 0 bridgehead atoms. The van der Waals surface area contributed by atoms with Gasteiger partial charge in [0.15, 0.2) is 0 Å². The van der Waals surface area contributed by atoms with Gasteiger partial charge in [-0.3, -0.25) is 38.5 Å². The summed E-state index contributed by atoms with van der Waals surface area (Å²) in [6.45, 7) is 17.2. The number of carbonyl (C=O) groups excluding carboxylic acids is 9. The number of nitrogens with zero attached hydrogens (tertiary/aromatic N) is 6. The number of urea groups is 1. The van der Waals surface area contributed by atoms with Gasteiger partial charge in [0, 0.05) is 65.0 Å². The number of amides is 10. The smallest absolute Gasteiger partial charge is 0.410 e. The van der Waals surface area contributed by atoms with E-state index >= 15 is 0 Å². The Balaban J connectivity index is 1.67. The van der Waals surface area contributed by atoms with E-state index in [4.69, 9.17) is 39.7 Å². The number of aliphatic carboxylic acids is 1. The SMILES string of the molecule is CC[C@H](C)[C@@H]([C@@H](CC(=O)N1CCC[C@H]1[C@H](OC)[C@@H](C)C(=O)N[C@@H](Cc1ccccc1)C(=O)O)OC)N(C)C(=O)[C@@H](NC(=O)[C@H](C(C)C)N(C)C(=O)OCc1ccc(NC(=O)[C@H](CCCNC(N)=O)NC(=O)[C@@H](NC(=O)COCCOCCOCCN=[N+]=[N-])C(C)C)cc1)C(C)C. The predicted octanol–water partition coefficient (Wildman–Crippen LogP) is 4.53. The minimum Gasteiger partial charge on any atom is -0.480 e. The third-order valence-corrected chi connectivity index (χ3v) is 16.8. The van der Waals surface area contributed by atoms with Crippen LogP contribution in [0.4, 0.5) is 15.3 Å². The standard InChI is InChI=1S/C66H105N13O17/c1-14-43(8)57(51(91-12)37-53(81)79-30-19-23-50(79)58(92-13)44(9)59(82)73-49(64(87)88)36-45-20-16-15-17-21-45)77(10)63(86)55(41(4)5)75-62(85)56(42(6)7)78(11)66(90)96-38-46-24-26-47(27-25-46)71-60(83)48(22-18-28-69-65(67)89)72-61(84)54(40(2)3)74-52(80)39-95-35-34-94-33-32-93-31-29-70-76-68/h15-17,20-21,24-27,40-44,48-51,54-58H,14,18-19,22-23,28-39H2,1-13H3,(H,71,83)(H,72,84)(H,73,82)(H,74,80)(H,75,85)(H,87,88)(H3,67,69,89)/t43-,44+,48-,49-,50-,51+,54-,55-,56-,57-,58+/m0/s1. The Kier molecular flexibility index (Phi) is 36.9. The van der Waals surface area contributed by atoms with E-state index < -0.39 is 132 Å². The molecule has 2 aromatic carbocycles. The van der Waals surface area contributed by atoms with Crippen molar-refractivity contribution in [2.75, 3.05) is 92.9 Å². The van der Waals surface area contributed by atoms with Crippen molar-refractivity contribution >= 4 is 65.1 Å². The van der Waals surface area contributed by atoms with Gasteiger partial charge < -0.3 is 81.0 Å². The van der Waals surface area contributed by atoms with Crippen LogP contribution in [-0.4, -0.2) is 221 Å². The number of carbonyl (C=O) groups is 10. The van der Waals surface area contributed by atoms with E-state index in [9.17, 15) is 53.1 Å². The molecule has 1 heterocycles. The summed E-state index contributed by atoms with van der Waals surface area (Å²) in [6.07, 6.45) is -0.440. The van der Waals surface area contributed by atoms with Crippen LogP contribution < -0.4 is 37.6 Å². The van der Waals surface area contributed by atoms with Gasteiger partial charge in [0.05, 0.1) is 69.7 Å². The van der Waals surface area contributed by atoms with Gasteiger partial charge in [-0.05, 0) is 78.1 Å². The van der Waals surface area contributed by atoms with Crippen LogP contribution in [0, 0.1) is 29.6 Å². The molecule has 9 N–H and O–H groups in total. The molecular formula is C66H105N13O17. The zero-order chi connectivity index (χ0) is 71.6. The fourth-order valence-electron chi connectivity index (χ4n) is 11.4. The van der Waals surface area contributed by atoms with E-state index in [1.165, 1.54) is 26.2 Å². The molecule has 0 saturated carbocycles. The molecule has 1 aliphatic heterocycles. The second-order valence-electron chi connectivity index (χ2n) is 25.0. The molecule has 536 valence electrons. The highest BCUT2D eigenvalue weighted by Crippen LogP contribution is 2.30. The molecule has 30 nitrogen and oxygen atoms in total. The average molecular weight is 1350 g/mol. The molecule has 30 heteroatoms. The largest absolute Gasteiger partial charge is 0.480 e. The highest BCUT2D eigenvalue weighted by Gasteiger charge is 2.44. The fraction of sp³-hybridized carbons (Fsp3) is 0.667.